The molecule has 0 bridgehead atoms. The van der Waals surface area contributed by atoms with Gasteiger partial charge in [-0.2, -0.15) is 0 Å². The van der Waals surface area contributed by atoms with E-state index >= 15 is 0 Å². The van der Waals surface area contributed by atoms with Gasteiger partial charge in [0.05, 0.1) is 18.0 Å². The van der Waals surface area contributed by atoms with Crippen molar-refractivity contribution in [3.05, 3.63) is 59.0 Å². The van der Waals surface area contributed by atoms with Crippen molar-refractivity contribution in [3.63, 3.8) is 0 Å². The minimum absolute atomic E-state index is 0.0426. The Kier molecular flexibility index (Phi) is 5.86. The third-order valence-corrected chi connectivity index (χ3v) is 10.6. The van der Waals surface area contributed by atoms with Gasteiger partial charge in [-0.3, -0.25) is 4.79 Å². The number of aromatic nitrogens is 3. The fraction of sp³-hybridized carbons (Fsp3) is 0.467. The average molecular weight is 543 g/mol. The maximum atomic E-state index is 13.1. The Morgan fingerprint density at radius 2 is 1.74 bits per heavy atom. The quantitative estimate of drug-likeness (QED) is 0.497. The first kappa shape index (κ1) is 24.8. The molecule has 7 rings (SSSR count). The Morgan fingerprint density at radius 1 is 1.03 bits per heavy atom. The van der Waals surface area contributed by atoms with Crippen molar-refractivity contribution in [2.45, 2.75) is 73.9 Å². The molecule has 1 aromatic carbocycles. The first-order chi connectivity index (χ1) is 18.9. The van der Waals surface area contributed by atoms with Crippen LogP contribution in [0.15, 0.2) is 46.5 Å². The molecule has 1 saturated heterocycles. The first-order valence-corrected chi connectivity index (χ1v) is 14.8. The molecule has 202 valence electrons. The molecule has 0 atom stereocenters. The molecule has 2 spiro atoms. The fourth-order valence-corrected chi connectivity index (χ4v) is 7.88. The van der Waals surface area contributed by atoms with Crippen LogP contribution in [-0.2, 0) is 24.2 Å². The van der Waals surface area contributed by atoms with Crippen molar-refractivity contribution >= 4 is 35.0 Å². The highest BCUT2D eigenvalue weighted by Crippen LogP contribution is 2.49. The molecule has 2 fully saturated rings. The van der Waals surface area contributed by atoms with Gasteiger partial charge >= 0.3 is 0 Å². The van der Waals surface area contributed by atoms with Crippen molar-refractivity contribution < 1.29 is 9.90 Å². The van der Waals surface area contributed by atoms with E-state index in [0.717, 1.165) is 91.0 Å². The van der Waals surface area contributed by atoms with Crippen molar-refractivity contribution in [2.75, 3.05) is 35.3 Å². The van der Waals surface area contributed by atoms with Crippen LogP contribution in [0.2, 0.25) is 0 Å². The van der Waals surface area contributed by atoms with Crippen LogP contribution in [0, 0.1) is 12.3 Å². The lowest BCUT2D eigenvalue weighted by Gasteiger charge is -2.50. The third kappa shape index (κ3) is 3.92. The molecule has 2 N–H and O–H groups in total. The molecule has 2 aromatic heterocycles. The summed E-state index contributed by atoms with van der Waals surface area (Å²) in [6.07, 6.45) is 9.09. The van der Waals surface area contributed by atoms with Gasteiger partial charge in [0.25, 0.3) is 0 Å². The van der Waals surface area contributed by atoms with Crippen molar-refractivity contribution in [3.8, 4) is 0 Å². The number of nitrogens with zero attached hydrogens (tertiary/aromatic N) is 5. The third-order valence-electron chi connectivity index (χ3n) is 9.50. The Labute approximate surface area is 233 Å². The van der Waals surface area contributed by atoms with E-state index < -0.39 is 5.54 Å². The number of anilines is 3. The number of carbonyl (C=O) groups is 1. The summed E-state index contributed by atoms with van der Waals surface area (Å²) < 4.78 is 0. The van der Waals surface area contributed by atoms with Gasteiger partial charge in [-0.15, -0.1) is 0 Å². The standard InChI is InChI=1S/C30H34N6O2S/c1-19-27(39-23-8-13-31-26-24(23)34-28(38)30(35(26)2)9-5-10-30)33-22(18-37)25(32-19)36-14-11-29(12-15-36)16-20-6-3-4-7-21(20)17-29/h3-4,6-8,13,37H,5,9-12,14-18H2,1-2H3,(H,34,38). The molecular formula is C30H34N6O2S. The van der Waals surface area contributed by atoms with E-state index in [4.69, 9.17) is 9.97 Å². The molecule has 2 aliphatic heterocycles. The molecule has 4 heterocycles. The number of fused-ring (bicyclic) bond motifs is 2. The Hall–Kier alpha value is -3.17. The van der Waals surface area contributed by atoms with E-state index in [9.17, 15) is 9.90 Å². The summed E-state index contributed by atoms with van der Waals surface area (Å²) in [5.41, 5.74) is 5.02. The molecule has 2 aliphatic carbocycles. The van der Waals surface area contributed by atoms with E-state index in [1.54, 1.807) is 6.20 Å². The van der Waals surface area contributed by atoms with Crippen LogP contribution in [0.25, 0.3) is 0 Å². The summed E-state index contributed by atoms with van der Waals surface area (Å²) in [6.45, 7) is 3.64. The normalized spacial score (nSPS) is 20.5. The molecule has 3 aromatic rings. The van der Waals surface area contributed by atoms with Crippen molar-refractivity contribution in [1.29, 1.82) is 0 Å². The van der Waals surface area contributed by atoms with Crippen LogP contribution in [0.5, 0.6) is 0 Å². The number of benzene rings is 1. The van der Waals surface area contributed by atoms with Gasteiger partial charge in [-0.1, -0.05) is 36.0 Å². The lowest BCUT2D eigenvalue weighted by Crippen LogP contribution is -2.62. The van der Waals surface area contributed by atoms with Crippen molar-refractivity contribution in [1.82, 2.24) is 15.0 Å². The van der Waals surface area contributed by atoms with E-state index in [-0.39, 0.29) is 12.5 Å². The van der Waals surface area contributed by atoms with Gasteiger partial charge in [0.15, 0.2) is 11.6 Å². The number of carbonyl (C=O) groups excluding carboxylic acids is 1. The summed E-state index contributed by atoms with van der Waals surface area (Å²) >= 11 is 1.47. The predicted molar refractivity (Wildman–Crippen MR) is 152 cm³/mol. The summed E-state index contributed by atoms with van der Waals surface area (Å²) in [4.78, 5) is 32.8. The smallest absolute Gasteiger partial charge is 0.250 e. The number of amides is 1. The summed E-state index contributed by atoms with van der Waals surface area (Å²) in [5, 5.41) is 14.2. The van der Waals surface area contributed by atoms with Gasteiger partial charge in [0, 0.05) is 31.2 Å². The average Bonchev–Trinajstić information content (AvgIpc) is 3.27. The van der Waals surface area contributed by atoms with Gasteiger partial charge in [0.2, 0.25) is 5.91 Å². The van der Waals surface area contributed by atoms with E-state index in [1.807, 2.05) is 24.9 Å². The summed E-state index contributed by atoms with van der Waals surface area (Å²) in [7, 11) is 1.97. The highest BCUT2D eigenvalue weighted by atomic mass is 32.2. The first-order valence-electron chi connectivity index (χ1n) is 13.9. The number of likely N-dealkylation sites (N-methyl/N-ethyl adjacent to an activating group) is 1. The minimum atomic E-state index is -0.473. The number of aliphatic hydroxyl groups excluding tert-OH is 1. The van der Waals surface area contributed by atoms with Gasteiger partial charge in [0.1, 0.15) is 16.3 Å². The molecular weight excluding hydrogens is 508 g/mol. The number of rotatable bonds is 4. The Balaban J connectivity index is 1.12. The van der Waals surface area contributed by atoms with Gasteiger partial charge < -0.3 is 20.2 Å². The fourth-order valence-electron chi connectivity index (χ4n) is 6.95. The number of hydrogen-bond acceptors (Lipinski definition) is 8. The second-order valence-electron chi connectivity index (χ2n) is 11.7. The van der Waals surface area contributed by atoms with Gasteiger partial charge in [-0.05, 0) is 74.5 Å². The van der Waals surface area contributed by atoms with Crippen LogP contribution in [-0.4, -0.2) is 51.6 Å². The lowest BCUT2D eigenvalue weighted by molar-refractivity contribution is -0.124. The molecule has 0 unspecified atom stereocenters. The number of hydrogen-bond donors (Lipinski definition) is 2. The van der Waals surface area contributed by atoms with E-state index in [2.05, 4.69) is 39.5 Å². The van der Waals surface area contributed by atoms with Crippen LogP contribution < -0.4 is 15.1 Å². The zero-order valence-electron chi connectivity index (χ0n) is 22.5. The minimum Gasteiger partial charge on any atom is -0.390 e. The highest BCUT2D eigenvalue weighted by molar-refractivity contribution is 7.99. The molecule has 9 heteroatoms. The number of pyridine rings is 1. The largest absolute Gasteiger partial charge is 0.390 e. The summed E-state index contributed by atoms with van der Waals surface area (Å²) in [5.74, 6) is 1.63. The van der Waals surface area contributed by atoms with Crippen molar-refractivity contribution in [2.24, 2.45) is 5.41 Å². The topological polar surface area (TPSA) is 94.5 Å². The van der Waals surface area contributed by atoms with Crippen LogP contribution in [0.1, 0.15) is 54.6 Å². The molecule has 39 heavy (non-hydrogen) atoms. The number of aryl methyl sites for hydroxylation is 1. The molecule has 8 nitrogen and oxygen atoms in total. The lowest BCUT2D eigenvalue weighted by atomic mass is 9.73. The second kappa shape index (κ2) is 9.20. The Morgan fingerprint density at radius 3 is 2.38 bits per heavy atom. The van der Waals surface area contributed by atoms with E-state index in [0.29, 0.717) is 11.1 Å². The van der Waals surface area contributed by atoms with Crippen LogP contribution in [0.3, 0.4) is 0 Å². The van der Waals surface area contributed by atoms with Crippen LogP contribution in [0.4, 0.5) is 17.3 Å². The Bertz CT molecular complexity index is 1440. The second-order valence-corrected chi connectivity index (χ2v) is 12.7. The molecule has 1 amide bonds. The number of nitrogens with one attached hydrogen (secondary N) is 1. The number of piperidine rings is 1. The maximum absolute atomic E-state index is 13.1. The zero-order chi connectivity index (χ0) is 26.8. The van der Waals surface area contributed by atoms with Gasteiger partial charge in [-0.25, -0.2) is 15.0 Å². The molecule has 0 radical (unpaired) electrons. The SMILES string of the molecule is Cc1nc(N2CCC3(CC2)Cc2ccccc2C3)c(CO)nc1Sc1ccnc2c1NC(=O)C1(CCC1)N2C. The number of aliphatic hydroxyl groups is 1. The maximum Gasteiger partial charge on any atom is 0.250 e. The van der Waals surface area contributed by atoms with E-state index in [1.165, 1.54) is 22.9 Å². The van der Waals surface area contributed by atoms with Crippen LogP contribution >= 0.6 is 11.8 Å². The highest BCUT2D eigenvalue weighted by Gasteiger charge is 2.51. The molecule has 1 saturated carbocycles. The monoisotopic (exact) mass is 542 g/mol. The summed E-state index contributed by atoms with van der Waals surface area (Å²) in [6, 6.07) is 10.8. The molecule has 4 aliphatic rings. The zero-order valence-corrected chi connectivity index (χ0v) is 23.4. The predicted octanol–water partition coefficient (Wildman–Crippen LogP) is 4.52.